The van der Waals surface area contributed by atoms with Gasteiger partial charge in [0, 0.05) is 60.5 Å². The molecule has 0 N–H and O–H groups in total. The van der Waals surface area contributed by atoms with Crippen LogP contribution in [0.25, 0.3) is 32.9 Å². The second kappa shape index (κ2) is 27.8. The van der Waals surface area contributed by atoms with Crippen molar-refractivity contribution in [2.45, 2.75) is 182 Å². The van der Waals surface area contributed by atoms with Crippen LogP contribution in [0.15, 0.2) is 60.9 Å². The first-order chi connectivity index (χ1) is 28.5. The lowest BCUT2D eigenvalue weighted by atomic mass is 9.92. The molecule has 2 aromatic heterocycles. The fourth-order valence-corrected chi connectivity index (χ4v) is 8.43. The average molecular weight is 791 g/mol. The lowest BCUT2D eigenvalue weighted by Crippen LogP contribution is -2.34. The van der Waals surface area contributed by atoms with Crippen LogP contribution in [0.3, 0.4) is 0 Å². The van der Waals surface area contributed by atoms with Crippen LogP contribution < -0.4 is 0 Å². The Morgan fingerprint density at radius 1 is 0.397 bits per heavy atom. The van der Waals surface area contributed by atoms with Crippen molar-refractivity contribution in [2.75, 3.05) is 26.2 Å². The van der Waals surface area contributed by atoms with Crippen molar-refractivity contribution in [3.63, 3.8) is 0 Å². The summed E-state index contributed by atoms with van der Waals surface area (Å²) in [4.78, 5) is 44.6. The number of hydrogen-bond acceptors (Lipinski definition) is 4. The van der Waals surface area contributed by atoms with E-state index in [9.17, 15) is 0 Å². The van der Waals surface area contributed by atoms with Gasteiger partial charge >= 0.3 is 0 Å². The van der Waals surface area contributed by atoms with Crippen molar-refractivity contribution < 1.29 is 9.59 Å². The number of amides is 2. The highest BCUT2D eigenvalue weighted by Gasteiger charge is 2.28. The Labute approximate surface area is 353 Å². The predicted octanol–water partition coefficient (Wildman–Crippen LogP) is 14.8. The van der Waals surface area contributed by atoms with Gasteiger partial charge in [0.2, 0.25) is 0 Å². The van der Waals surface area contributed by atoms with E-state index in [1.165, 1.54) is 103 Å². The van der Waals surface area contributed by atoms with E-state index in [1.54, 1.807) is 0 Å². The van der Waals surface area contributed by atoms with E-state index < -0.39 is 0 Å². The van der Waals surface area contributed by atoms with Gasteiger partial charge in [0.15, 0.2) is 0 Å². The normalized spacial score (nSPS) is 11.4. The maximum atomic E-state index is 15.2. The van der Waals surface area contributed by atoms with Crippen LogP contribution in [0, 0.1) is 0 Å². The summed E-state index contributed by atoms with van der Waals surface area (Å²) in [6, 6.07) is 16.0. The zero-order chi connectivity index (χ0) is 41.2. The van der Waals surface area contributed by atoms with Crippen molar-refractivity contribution in [1.82, 2.24) is 19.8 Å². The molecule has 6 nitrogen and oxygen atoms in total. The molecule has 0 atom stereocenters. The Morgan fingerprint density at radius 3 is 0.983 bits per heavy atom. The molecule has 318 valence electrons. The third-order valence-corrected chi connectivity index (χ3v) is 12.0. The van der Waals surface area contributed by atoms with Crippen LogP contribution >= 0.6 is 0 Å². The minimum Gasteiger partial charge on any atom is -0.339 e. The van der Waals surface area contributed by atoms with E-state index in [4.69, 9.17) is 9.97 Å². The molecule has 0 saturated heterocycles. The molecule has 0 bridgehead atoms. The smallest absolute Gasteiger partial charge is 0.255 e. The molecule has 6 heteroatoms. The number of hydrogen-bond donors (Lipinski definition) is 0. The number of fused-ring (bicyclic) bond motifs is 2. The lowest BCUT2D eigenvalue weighted by molar-refractivity contribution is 0.0742. The topological polar surface area (TPSA) is 66.4 Å². The quantitative estimate of drug-likeness (QED) is 0.0476. The first-order valence-corrected chi connectivity index (χ1v) is 23.9. The van der Waals surface area contributed by atoms with Crippen LogP contribution in [0.4, 0.5) is 0 Å². The Hall–Kier alpha value is -3.80. The number of para-hydroxylation sites is 2. The zero-order valence-corrected chi connectivity index (χ0v) is 37.2. The summed E-state index contributed by atoms with van der Waals surface area (Å²) in [6.07, 6.45) is 32.0. The van der Waals surface area contributed by atoms with E-state index in [0.29, 0.717) is 22.3 Å². The third kappa shape index (κ3) is 14.8. The molecule has 0 fully saturated rings. The van der Waals surface area contributed by atoms with Crippen molar-refractivity contribution in [3.05, 3.63) is 72.1 Å². The van der Waals surface area contributed by atoms with Gasteiger partial charge in [-0.3, -0.25) is 19.6 Å². The molecule has 2 amide bonds. The zero-order valence-electron chi connectivity index (χ0n) is 37.2. The molecule has 4 aromatic rings. The standard InChI is InChI=1S/C52H78N4O2/c1-5-9-13-17-21-29-37-55(38-30-22-18-14-10-6-2)51(57)49-43-33-25-27-35-47(43)53-41-45(49)46-42-54-48-36-28-26-34-44(48)50(46)52(58)56(39-31-23-19-15-11-7-3)40-32-24-20-16-12-8-4/h25-28,33-36,41-42H,5-24,29-32,37-40H2,1-4H3. The number of carbonyl (C=O) groups excluding carboxylic acids is 2. The van der Waals surface area contributed by atoms with E-state index in [1.807, 2.05) is 60.9 Å². The van der Waals surface area contributed by atoms with Gasteiger partial charge in [-0.1, -0.05) is 193 Å². The average Bonchev–Trinajstić information content (AvgIpc) is 3.25. The van der Waals surface area contributed by atoms with Crippen LogP contribution in [0.1, 0.15) is 203 Å². The van der Waals surface area contributed by atoms with Gasteiger partial charge in [-0.05, 0) is 37.8 Å². The fourth-order valence-electron chi connectivity index (χ4n) is 8.43. The predicted molar refractivity (Wildman–Crippen MR) is 248 cm³/mol. The van der Waals surface area contributed by atoms with Crippen molar-refractivity contribution in [3.8, 4) is 11.1 Å². The third-order valence-electron chi connectivity index (χ3n) is 12.0. The molecule has 4 rings (SSSR count). The Balaban J connectivity index is 1.77. The Kier molecular flexibility index (Phi) is 22.5. The van der Waals surface area contributed by atoms with E-state index in [2.05, 4.69) is 37.5 Å². The van der Waals surface area contributed by atoms with Gasteiger partial charge in [0.05, 0.1) is 22.2 Å². The van der Waals surface area contributed by atoms with Gasteiger partial charge in [-0.15, -0.1) is 0 Å². The lowest BCUT2D eigenvalue weighted by Gasteiger charge is -2.27. The molecular formula is C52H78N4O2. The van der Waals surface area contributed by atoms with E-state index in [-0.39, 0.29) is 11.8 Å². The Bertz CT molecular complexity index is 1610. The van der Waals surface area contributed by atoms with Crippen LogP contribution in [-0.4, -0.2) is 57.8 Å². The highest BCUT2D eigenvalue weighted by Crippen LogP contribution is 2.36. The largest absolute Gasteiger partial charge is 0.339 e. The van der Waals surface area contributed by atoms with Gasteiger partial charge in [0.25, 0.3) is 11.8 Å². The molecule has 0 radical (unpaired) electrons. The number of rotatable bonds is 31. The summed E-state index contributed by atoms with van der Waals surface area (Å²) < 4.78 is 0. The number of carbonyl (C=O) groups is 2. The molecule has 2 heterocycles. The summed E-state index contributed by atoms with van der Waals surface area (Å²) in [5.41, 5.74) is 4.30. The summed E-state index contributed by atoms with van der Waals surface area (Å²) in [5.74, 6) is 0.0802. The van der Waals surface area contributed by atoms with Gasteiger partial charge in [-0.2, -0.15) is 0 Å². The van der Waals surface area contributed by atoms with Crippen molar-refractivity contribution in [2.24, 2.45) is 0 Å². The molecule has 0 aliphatic rings. The molecule has 58 heavy (non-hydrogen) atoms. The molecule has 0 unspecified atom stereocenters. The maximum absolute atomic E-state index is 15.2. The summed E-state index contributed by atoms with van der Waals surface area (Å²) >= 11 is 0. The van der Waals surface area contributed by atoms with E-state index in [0.717, 1.165) is 99.4 Å². The van der Waals surface area contributed by atoms with Gasteiger partial charge < -0.3 is 9.80 Å². The summed E-state index contributed by atoms with van der Waals surface area (Å²) in [7, 11) is 0. The minimum absolute atomic E-state index is 0.0401. The maximum Gasteiger partial charge on any atom is 0.255 e. The number of benzene rings is 2. The van der Waals surface area contributed by atoms with Crippen LogP contribution in [-0.2, 0) is 0 Å². The number of pyridine rings is 2. The first-order valence-electron chi connectivity index (χ1n) is 23.9. The molecule has 0 spiro atoms. The SMILES string of the molecule is CCCCCCCCN(CCCCCCCC)C(=O)c1c(-c2cnc3ccccc3c2C(=O)N(CCCCCCCC)CCCCCCCC)cnc2ccccc12. The fraction of sp³-hybridized carbons (Fsp3) is 0.615. The molecule has 0 aliphatic carbocycles. The molecular weight excluding hydrogens is 713 g/mol. The summed E-state index contributed by atoms with van der Waals surface area (Å²) in [6.45, 7) is 12.0. The highest BCUT2D eigenvalue weighted by atomic mass is 16.2. The van der Waals surface area contributed by atoms with E-state index >= 15 is 9.59 Å². The second-order valence-corrected chi connectivity index (χ2v) is 16.8. The van der Waals surface area contributed by atoms with Crippen molar-refractivity contribution in [1.29, 1.82) is 0 Å². The van der Waals surface area contributed by atoms with Crippen molar-refractivity contribution >= 4 is 33.6 Å². The number of aromatic nitrogens is 2. The van der Waals surface area contributed by atoms with Crippen LogP contribution in [0.2, 0.25) is 0 Å². The molecule has 0 saturated carbocycles. The van der Waals surface area contributed by atoms with Gasteiger partial charge in [0.1, 0.15) is 0 Å². The van der Waals surface area contributed by atoms with Crippen LogP contribution in [0.5, 0.6) is 0 Å². The minimum atomic E-state index is 0.0401. The monoisotopic (exact) mass is 791 g/mol. The first kappa shape index (κ1) is 46.9. The second-order valence-electron chi connectivity index (χ2n) is 16.8. The number of unbranched alkanes of at least 4 members (excludes halogenated alkanes) is 20. The Morgan fingerprint density at radius 2 is 0.672 bits per heavy atom. The van der Waals surface area contributed by atoms with Gasteiger partial charge in [-0.25, -0.2) is 0 Å². The summed E-state index contributed by atoms with van der Waals surface area (Å²) in [5, 5.41) is 1.67. The molecule has 0 aliphatic heterocycles. The molecule has 2 aromatic carbocycles. The number of nitrogens with zero attached hydrogens (tertiary/aromatic N) is 4. The highest BCUT2D eigenvalue weighted by molar-refractivity contribution is 6.16.